The molecule has 0 radical (unpaired) electrons. The van der Waals surface area contributed by atoms with Crippen molar-refractivity contribution < 1.29 is 4.42 Å². The zero-order valence-electron chi connectivity index (χ0n) is 9.47. The number of hydrogen-bond donors (Lipinski definition) is 1. The highest BCUT2D eigenvalue weighted by atomic mass is 16.4. The maximum Gasteiger partial charge on any atom is 0.300 e. The molecule has 0 aliphatic carbocycles. The van der Waals surface area contributed by atoms with Crippen LogP contribution in [0.2, 0.25) is 0 Å². The van der Waals surface area contributed by atoms with E-state index < -0.39 is 0 Å². The second-order valence-electron chi connectivity index (χ2n) is 3.98. The van der Waals surface area contributed by atoms with Crippen LogP contribution < -0.4 is 5.32 Å². The monoisotopic (exact) mass is 224 g/mol. The molecule has 3 nitrogen and oxygen atoms in total. The third-order valence-corrected chi connectivity index (χ3v) is 2.60. The molecule has 0 spiro atoms. The molecule has 0 amide bonds. The van der Waals surface area contributed by atoms with Crippen LogP contribution in [0, 0.1) is 6.92 Å². The number of nitrogens with one attached hydrogen (secondary N) is 1. The minimum atomic E-state index is 0.523. The van der Waals surface area contributed by atoms with Gasteiger partial charge in [0.05, 0.1) is 0 Å². The average molecular weight is 224 g/mol. The normalized spacial score (nSPS) is 10.6. The average Bonchev–Trinajstić information content (AvgIpc) is 2.74. The van der Waals surface area contributed by atoms with E-state index in [0.717, 1.165) is 16.8 Å². The van der Waals surface area contributed by atoms with Crippen molar-refractivity contribution in [3.8, 4) is 0 Å². The second-order valence-corrected chi connectivity index (χ2v) is 3.98. The van der Waals surface area contributed by atoms with Gasteiger partial charge in [0.15, 0.2) is 5.58 Å². The minimum Gasteiger partial charge on any atom is -0.423 e. The van der Waals surface area contributed by atoms with Crippen molar-refractivity contribution >= 4 is 22.8 Å². The maximum atomic E-state index is 5.58. The Morgan fingerprint density at radius 3 is 2.53 bits per heavy atom. The molecule has 1 aromatic heterocycles. The summed E-state index contributed by atoms with van der Waals surface area (Å²) in [5.74, 6) is 0. The highest BCUT2D eigenvalue weighted by Gasteiger charge is 2.04. The van der Waals surface area contributed by atoms with Crippen LogP contribution in [0.3, 0.4) is 0 Å². The first-order valence-corrected chi connectivity index (χ1v) is 5.50. The lowest BCUT2D eigenvalue weighted by Crippen LogP contribution is -1.89. The number of aromatic nitrogens is 1. The largest absolute Gasteiger partial charge is 0.423 e. The predicted molar refractivity (Wildman–Crippen MR) is 68.5 cm³/mol. The Labute approximate surface area is 99.1 Å². The number of anilines is 2. The molecule has 84 valence electrons. The molecule has 2 aromatic carbocycles. The summed E-state index contributed by atoms with van der Waals surface area (Å²) < 4.78 is 5.58. The summed E-state index contributed by atoms with van der Waals surface area (Å²) in [5.41, 5.74) is 3.86. The third kappa shape index (κ3) is 1.99. The number of rotatable bonds is 2. The first-order chi connectivity index (χ1) is 8.31. The van der Waals surface area contributed by atoms with Gasteiger partial charge in [-0.15, -0.1) is 0 Å². The standard InChI is InChI=1S/C14H12N2O/c1-10-6-8-11(9-7-10)15-14-16-12-4-2-3-5-13(12)17-14/h2-9H,1H3,(H,15,16). The Kier molecular flexibility index (Phi) is 2.29. The predicted octanol–water partition coefficient (Wildman–Crippen LogP) is 3.88. The van der Waals surface area contributed by atoms with Gasteiger partial charge in [-0.2, -0.15) is 4.98 Å². The van der Waals surface area contributed by atoms with Crippen LogP contribution in [-0.2, 0) is 0 Å². The zero-order chi connectivity index (χ0) is 11.7. The van der Waals surface area contributed by atoms with Crippen LogP contribution >= 0.6 is 0 Å². The van der Waals surface area contributed by atoms with Gasteiger partial charge >= 0.3 is 0 Å². The molecule has 0 unspecified atom stereocenters. The molecule has 1 heterocycles. The SMILES string of the molecule is Cc1ccc(Nc2nc3ccccc3o2)cc1. The molecule has 0 saturated carbocycles. The molecule has 0 fully saturated rings. The van der Waals surface area contributed by atoms with E-state index >= 15 is 0 Å². The number of benzene rings is 2. The summed E-state index contributed by atoms with van der Waals surface area (Å²) in [5, 5.41) is 3.14. The molecule has 3 aromatic rings. The van der Waals surface area contributed by atoms with E-state index in [1.807, 2.05) is 48.5 Å². The third-order valence-electron chi connectivity index (χ3n) is 2.60. The summed E-state index contributed by atoms with van der Waals surface area (Å²) in [6.07, 6.45) is 0. The fraction of sp³-hybridized carbons (Fsp3) is 0.0714. The van der Waals surface area contributed by atoms with E-state index in [4.69, 9.17) is 4.42 Å². The van der Waals surface area contributed by atoms with Gasteiger partial charge in [0.2, 0.25) is 0 Å². The van der Waals surface area contributed by atoms with E-state index in [1.54, 1.807) is 0 Å². The highest BCUT2D eigenvalue weighted by Crippen LogP contribution is 2.21. The maximum absolute atomic E-state index is 5.58. The first kappa shape index (κ1) is 9.90. The van der Waals surface area contributed by atoms with Crippen LogP contribution in [0.25, 0.3) is 11.1 Å². The van der Waals surface area contributed by atoms with Gasteiger partial charge in [0.25, 0.3) is 6.01 Å². The van der Waals surface area contributed by atoms with Crippen molar-refractivity contribution in [2.45, 2.75) is 6.92 Å². The van der Waals surface area contributed by atoms with Gasteiger partial charge in [-0.25, -0.2) is 0 Å². The molecule has 0 aliphatic heterocycles. The number of nitrogens with zero attached hydrogens (tertiary/aromatic N) is 1. The molecule has 0 aliphatic rings. The Balaban J connectivity index is 1.92. The van der Waals surface area contributed by atoms with Crippen LogP contribution in [0.4, 0.5) is 11.7 Å². The Bertz CT molecular complexity index is 608. The molecule has 0 atom stereocenters. The summed E-state index contributed by atoms with van der Waals surface area (Å²) in [6.45, 7) is 2.06. The van der Waals surface area contributed by atoms with Gasteiger partial charge in [-0.1, -0.05) is 29.8 Å². The van der Waals surface area contributed by atoms with E-state index in [0.29, 0.717) is 6.01 Å². The van der Waals surface area contributed by atoms with Gasteiger partial charge in [-0.05, 0) is 31.2 Å². The summed E-state index contributed by atoms with van der Waals surface area (Å²) >= 11 is 0. The molecular weight excluding hydrogens is 212 g/mol. The van der Waals surface area contributed by atoms with Crippen molar-refractivity contribution in [1.29, 1.82) is 0 Å². The summed E-state index contributed by atoms with van der Waals surface area (Å²) in [7, 11) is 0. The topological polar surface area (TPSA) is 38.1 Å². The fourth-order valence-corrected chi connectivity index (χ4v) is 1.69. The summed E-state index contributed by atoms with van der Waals surface area (Å²) in [4.78, 5) is 4.35. The molecule has 3 rings (SSSR count). The lowest BCUT2D eigenvalue weighted by molar-refractivity contribution is 0.623. The van der Waals surface area contributed by atoms with Crippen LogP contribution in [0.15, 0.2) is 52.9 Å². The fourth-order valence-electron chi connectivity index (χ4n) is 1.69. The number of para-hydroxylation sites is 2. The molecule has 3 heteroatoms. The van der Waals surface area contributed by atoms with Crippen LogP contribution in [0.1, 0.15) is 5.56 Å². The van der Waals surface area contributed by atoms with Gasteiger partial charge in [0, 0.05) is 5.69 Å². The molecule has 0 bridgehead atoms. The zero-order valence-corrected chi connectivity index (χ0v) is 9.47. The van der Waals surface area contributed by atoms with Crippen molar-refractivity contribution in [2.24, 2.45) is 0 Å². The number of aryl methyl sites for hydroxylation is 1. The lowest BCUT2D eigenvalue weighted by atomic mass is 10.2. The van der Waals surface area contributed by atoms with Gasteiger partial charge in [-0.3, -0.25) is 0 Å². The van der Waals surface area contributed by atoms with Gasteiger partial charge < -0.3 is 9.73 Å². The van der Waals surface area contributed by atoms with Crippen LogP contribution in [-0.4, -0.2) is 4.98 Å². The minimum absolute atomic E-state index is 0.523. The Morgan fingerprint density at radius 1 is 1.00 bits per heavy atom. The number of hydrogen-bond acceptors (Lipinski definition) is 3. The second kappa shape index (κ2) is 3.94. The van der Waals surface area contributed by atoms with Crippen molar-refractivity contribution in [3.05, 3.63) is 54.1 Å². The quantitative estimate of drug-likeness (QED) is 0.717. The molecule has 1 N–H and O–H groups in total. The summed E-state index contributed by atoms with van der Waals surface area (Å²) in [6, 6.07) is 16.3. The van der Waals surface area contributed by atoms with Crippen molar-refractivity contribution in [3.63, 3.8) is 0 Å². The first-order valence-electron chi connectivity index (χ1n) is 5.50. The molecule has 17 heavy (non-hydrogen) atoms. The van der Waals surface area contributed by atoms with Crippen molar-refractivity contribution in [1.82, 2.24) is 4.98 Å². The number of oxazole rings is 1. The molecule has 0 saturated heterocycles. The van der Waals surface area contributed by atoms with E-state index in [2.05, 4.69) is 17.2 Å². The van der Waals surface area contributed by atoms with E-state index in [9.17, 15) is 0 Å². The van der Waals surface area contributed by atoms with E-state index in [1.165, 1.54) is 5.56 Å². The highest BCUT2D eigenvalue weighted by molar-refractivity contribution is 5.75. The van der Waals surface area contributed by atoms with Crippen LogP contribution in [0.5, 0.6) is 0 Å². The van der Waals surface area contributed by atoms with Gasteiger partial charge in [0.1, 0.15) is 5.52 Å². The van der Waals surface area contributed by atoms with Crippen molar-refractivity contribution in [2.75, 3.05) is 5.32 Å². The Morgan fingerprint density at radius 2 is 1.76 bits per heavy atom. The lowest BCUT2D eigenvalue weighted by Gasteiger charge is -2.00. The molecular formula is C14H12N2O. The number of fused-ring (bicyclic) bond motifs is 1. The Hall–Kier alpha value is -2.29. The van der Waals surface area contributed by atoms with E-state index in [-0.39, 0.29) is 0 Å². The smallest absolute Gasteiger partial charge is 0.300 e.